The zero-order valence-electron chi connectivity index (χ0n) is 14.4. The minimum absolute atomic E-state index is 0.313. The molecule has 0 aliphatic carbocycles. The average Bonchev–Trinajstić information content (AvgIpc) is 2.84. The third-order valence-corrected chi connectivity index (χ3v) is 5.06. The van der Waals surface area contributed by atoms with Crippen LogP contribution < -0.4 is 5.73 Å². The molecule has 2 aromatic heterocycles. The molecule has 5 heteroatoms. The predicted octanol–water partition coefficient (Wildman–Crippen LogP) is 2.44. The first-order valence-corrected chi connectivity index (χ1v) is 8.50. The Morgan fingerprint density at radius 3 is 2.61 bits per heavy atom. The SMILES string of the molecule is Cc1nn(-c2ccccn2)c(C)c1CN1CCC(C(C)N)CC1. The van der Waals surface area contributed by atoms with Gasteiger partial charge in [0.1, 0.15) is 0 Å². The summed E-state index contributed by atoms with van der Waals surface area (Å²) in [7, 11) is 0. The highest BCUT2D eigenvalue weighted by atomic mass is 15.3. The van der Waals surface area contributed by atoms with Gasteiger partial charge in [-0.1, -0.05) is 6.07 Å². The molecule has 3 rings (SSSR count). The van der Waals surface area contributed by atoms with Crippen LogP contribution in [0.1, 0.15) is 36.7 Å². The van der Waals surface area contributed by atoms with Crippen LogP contribution in [0.2, 0.25) is 0 Å². The number of likely N-dealkylation sites (tertiary alicyclic amines) is 1. The summed E-state index contributed by atoms with van der Waals surface area (Å²) in [5.74, 6) is 1.56. The van der Waals surface area contributed by atoms with Gasteiger partial charge in [0.15, 0.2) is 5.82 Å². The molecule has 0 aromatic carbocycles. The zero-order chi connectivity index (χ0) is 16.4. The first-order chi connectivity index (χ1) is 11.1. The summed E-state index contributed by atoms with van der Waals surface area (Å²) in [6.45, 7) is 9.58. The zero-order valence-corrected chi connectivity index (χ0v) is 14.4. The van der Waals surface area contributed by atoms with E-state index in [1.54, 1.807) is 0 Å². The van der Waals surface area contributed by atoms with Crippen LogP contribution in [0.15, 0.2) is 24.4 Å². The lowest BCUT2D eigenvalue weighted by Crippen LogP contribution is -2.39. The Morgan fingerprint density at radius 1 is 1.26 bits per heavy atom. The summed E-state index contributed by atoms with van der Waals surface area (Å²) in [4.78, 5) is 6.94. The van der Waals surface area contributed by atoms with Gasteiger partial charge in [-0.05, 0) is 64.8 Å². The van der Waals surface area contributed by atoms with Crippen molar-refractivity contribution in [3.05, 3.63) is 41.3 Å². The molecule has 0 radical (unpaired) electrons. The maximum Gasteiger partial charge on any atom is 0.153 e. The van der Waals surface area contributed by atoms with Gasteiger partial charge in [-0.3, -0.25) is 4.90 Å². The Hall–Kier alpha value is -1.72. The Balaban J connectivity index is 1.73. The number of nitrogens with zero attached hydrogens (tertiary/aromatic N) is 4. The lowest BCUT2D eigenvalue weighted by Gasteiger charge is -2.33. The summed E-state index contributed by atoms with van der Waals surface area (Å²) < 4.78 is 1.96. The van der Waals surface area contributed by atoms with Crippen LogP contribution in [-0.4, -0.2) is 38.8 Å². The van der Waals surface area contributed by atoms with Crippen LogP contribution in [0.3, 0.4) is 0 Å². The number of rotatable bonds is 4. The summed E-state index contributed by atoms with van der Waals surface area (Å²) >= 11 is 0. The third-order valence-electron chi connectivity index (χ3n) is 5.06. The van der Waals surface area contributed by atoms with E-state index >= 15 is 0 Å². The van der Waals surface area contributed by atoms with E-state index in [1.165, 1.54) is 24.1 Å². The van der Waals surface area contributed by atoms with Gasteiger partial charge in [-0.2, -0.15) is 5.10 Å². The van der Waals surface area contributed by atoms with Crippen LogP contribution in [0.4, 0.5) is 0 Å². The first kappa shape index (κ1) is 16.1. The summed E-state index contributed by atoms with van der Waals surface area (Å²) in [5, 5.41) is 4.70. The molecule has 0 spiro atoms. The molecule has 1 fully saturated rings. The molecule has 1 unspecified atom stereocenters. The predicted molar refractivity (Wildman–Crippen MR) is 92.5 cm³/mol. The van der Waals surface area contributed by atoms with E-state index in [2.05, 4.69) is 30.7 Å². The number of hydrogen-bond donors (Lipinski definition) is 1. The Morgan fingerprint density at radius 2 is 2.00 bits per heavy atom. The van der Waals surface area contributed by atoms with E-state index in [4.69, 9.17) is 10.8 Å². The fourth-order valence-corrected chi connectivity index (χ4v) is 3.47. The molecule has 1 aliphatic heterocycles. The van der Waals surface area contributed by atoms with Gasteiger partial charge in [0, 0.05) is 30.0 Å². The van der Waals surface area contributed by atoms with Crippen LogP contribution in [0.5, 0.6) is 0 Å². The lowest BCUT2D eigenvalue weighted by molar-refractivity contribution is 0.165. The maximum atomic E-state index is 6.04. The van der Waals surface area contributed by atoms with Crippen molar-refractivity contribution >= 4 is 0 Å². The van der Waals surface area contributed by atoms with Gasteiger partial charge in [0.05, 0.1) is 5.69 Å². The highest BCUT2D eigenvalue weighted by Crippen LogP contribution is 2.24. The maximum absolute atomic E-state index is 6.04. The quantitative estimate of drug-likeness (QED) is 0.942. The van der Waals surface area contributed by atoms with Crippen LogP contribution in [-0.2, 0) is 6.54 Å². The van der Waals surface area contributed by atoms with Crippen LogP contribution >= 0.6 is 0 Å². The van der Waals surface area contributed by atoms with E-state index in [1.807, 2.05) is 29.1 Å². The normalized spacial score (nSPS) is 18.3. The minimum Gasteiger partial charge on any atom is -0.328 e. The van der Waals surface area contributed by atoms with Crippen molar-refractivity contribution in [2.45, 2.75) is 46.2 Å². The molecule has 0 bridgehead atoms. The van der Waals surface area contributed by atoms with E-state index in [0.717, 1.165) is 31.1 Å². The highest BCUT2D eigenvalue weighted by molar-refractivity contribution is 5.32. The molecular formula is C18H27N5. The number of aromatic nitrogens is 3. The number of aryl methyl sites for hydroxylation is 1. The van der Waals surface area contributed by atoms with Gasteiger partial charge in [0.2, 0.25) is 0 Å². The lowest BCUT2D eigenvalue weighted by atomic mass is 9.91. The molecule has 2 aromatic rings. The van der Waals surface area contributed by atoms with E-state index in [0.29, 0.717) is 12.0 Å². The fraction of sp³-hybridized carbons (Fsp3) is 0.556. The number of pyridine rings is 1. The van der Waals surface area contributed by atoms with Crippen molar-refractivity contribution in [3.8, 4) is 5.82 Å². The van der Waals surface area contributed by atoms with Gasteiger partial charge < -0.3 is 5.73 Å². The van der Waals surface area contributed by atoms with E-state index < -0.39 is 0 Å². The molecule has 124 valence electrons. The van der Waals surface area contributed by atoms with Gasteiger partial charge >= 0.3 is 0 Å². The number of piperidine rings is 1. The largest absolute Gasteiger partial charge is 0.328 e. The third kappa shape index (κ3) is 3.46. The fourth-order valence-electron chi connectivity index (χ4n) is 3.47. The van der Waals surface area contributed by atoms with Crippen molar-refractivity contribution in [3.63, 3.8) is 0 Å². The Bertz CT molecular complexity index is 639. The summed E-state index contributed by atoms with van der Waals surface area (Å²) in [6.07, 6.45) is 4.21. The molecule has 0 amide bonds. The van der Waals surface area contributed by atoms with E-state index in [-0.39, 0.29) is 0 Å². The van der Waals surface area contributed by atoms with Crippen LogP contribution in [0, 0.1) is 19.8 Å². The molecule has 23 heavy (non-hydrogen) atoms. The van der Waals surface area contributed by atoms with Crippen molar-refractivity contribution in [1.82, 2.24) is 19.7 Å². The first-order valence-electron chi connectivity index (χ1n) is 8.50. The van der Waals surface area contributed by atoms with Crippen LogP contribution in [0.25, 0.3) is 5.82 Å². The molecule has 1 atom stereocenters. The summed E-state index contributed by atoms with van der Waals surface area (Å²) in [6, 6.07) is 6.24. The second-order valence-electron chi connectivity index (χ2n) is 6.72. The molecule has 5 nitrogen and oxygen atoms in total. The van der Waals surface area contributed by atoms with E-state index in [9.17, 15) is 0 Å². The Labute approximate surface area is 138 Å². The Kier molecular flexibility index (Phi) is 4.78. The molecular weight excluding hydrogens is 286 g/mol. The average molecular weight is 313 g/mol. The van der Waals surface area contributed by atoms with Crippen molar-refractivity contribution < 1.29 is 0 Å². The van der Waals surface area contributed by atoms with Crippen molar-refractivity contribution in [2.24, 2.45) is 11.7 Å². The topological polar surface area (TPSA) is 60.0 Å². The molecule has 1 saturated heterocycles. The van der Waals surface area contributed by atoms with Gasteiger partial charge in [-0.15, -0.1) is 0 Å². The smallest absolute Gasteiger partial charge is 0.153 e. The highest BCUT2D eigenvalue weighted by Gasteiger charge is 2.23. The monoisotopic (exact) mass is 313 g/mol. The molecule has 1 aliphatic rings. The number of nitrogens with two attached hydrogens (primary N) is 1. The van der Waals surface area contributed by atoms with Gasteiger partial charge in [-0.25, -0.2) is 9.67 Å². The van der Waals surface area contributed by atoms with Crippen molar-refractivity contribution in [1.29, 1.82) is 0 Å². The second kappa shape index (κ2) is 6.81. The minimum atomic E-state index is 0.313. The number of hydrogen-bond acceptors (Lipinski definition) is 4. The molecule has 3 heterocycles. The molecule has 0 saturated carbocycles. The van der Waals surface area contributed by atoms with Gasteiger partial charge in [0.25, 0.3) is 0 Å². The second-order valence-corrected chi connectivity index (χ2v) is 6.72. The van der Waals surface area contributed by atoms with Crippen molar-refractivity contribution in [2.75, 3.05) is 13.1 Å². The summed E-state index contributed by atoms with van der Waals surface area (Å²) in [5.41, 5.74) is 9.66. The standard InChI is InChI=1S/C18H27N5/c1-13(19)16-7-10-22(11-8-16)12-17-14(2)21-23(15(17)3)18-6-4-5-9-20-18/h4-6,9,13,16H,7-8,10-12,19H2,1-3H3. The molecule has 2 N–H and O–H groups in total.